The normalized spacial score (nSPS) is 13.6. The molecule has 0 saturated heterocycles. The van der Waals surface area contributed by atoms with Crippen LogP contribution in [0.25, 0.3) is 38.4 Å². The van der Waals surface area contributed by atoms with Crippen molar-refractivity contribution in [2.45, 2.75) is 24.9 Å². The second-order valence-electron chi connectivity index (χ2n) is 18.3. The number of rotatable bonds is 12. The van der Waals surface area contributed by atoms with Gasteiger partial charge in [0.05, 0.1) is 14.2 Å². The smallest absolute Gasteiger partial charge is 0.660 e. The van der Waals surface area contributed by atoms with Gasteiger partial charge >= 0.3 is 51.4 Å². The number of ether oxygens (including phenoxy) is 3. The Hall–Kier alpha value is -7.02. The van der Waals surface area contributed by atoms with Crippen molar-refractivity contribution in [2.24, 2.45) is 0 Å². The van der Waals surface area contributed by atoms with Crippen molar-refractivity contribution in [1.82, 2.24) is 20.3 Å². The van der Waals surface area contributed by atoms with E-state index < -0.39 is 5.60 Å². The van der Waals surface area contributed by atoms with Gasteiger partial charge in [0.25, 0.3) is 23.6 Å². The number of anilines is 3. The number of hydrogen-bond acceptors (Lipinski definition) is 7. The van der Waals surface area contributed by atoms with E-state index in [4.69, 9.17) is 19.9 Å². The van der Waals surface area contributed by atoms with Crippen LogP contribution in [0.4, 0.5) is 17.1 Å². The van der Waals surface area contributed by atoms with Crippen molar-refractivity contribution in [3.8, 4) is 11.5 Å². The summed E-state index contributed by atoms with van der Waals surface area (Å²) in [6.07, 6.45) is 1.86. The Bertz CT molecular complexity index is 3590. The van der Waals surface area contributed by atoms with Crippen LogP contribution in [0.3, 0.4) is 0 Å². The molecule has 4 amide bonds. The first-order valence-electron chi connectivity index (χ1n) is 24.0. The van der Waals surface area contributed by atoms with Gasteiger partial charge in [-0.05, 0) is 132 Å². The quantitative estimate of drug-likeness (QED) is 0.0600. The number of hydrogen-bond donors (Lipinski definition) is 4. The van der Waals surface area contributed by atoms with Gasteiger partial charge in [0.15, 0.2) is 0 Å². The fourth-order valence-electron chi connectivity index (χ4n) is 11.2. The summed E-state index contributed by atoms with van der Waals surface area (Å²) in [5.74, 6) is 0.538. The van der Waals surface area contributed by atoms with Gasteiger partial charge < -0.3 is 62.3 Å². The van der Waals surface area contributed by atoms with Crippen molar-refractivity contribution in [3.05, 3.63) is 197 Å². The maximum Gasteiger partial charge on any atom is 1.00 e. The molecular weight excluding hydrogens is 960 g/mol. The van der Waals surface area contributed by atoms with Crippen LogP contribution in [0, 0.1) is 7.43 Å². The van der Waals surface area contributed by atoms with Crippen LogP contribution in [0.15, 0.2) is 133 Å². The molecule has 3 aromatic heterocycles. The molecule has 0 bridgehead atoms. The van der Waals surface area contributed by atoms with Gasteiger partial charge in [0.2, 0.25) is 0 Å². The van der Waals surface area contributed by atoms with Gasteiger partial charge in [-0.15, -0.1) is 0 Å². The SMILES string of the molecule is COc1ccc(C(OCC(=O)N2CCc3c2ccc2[nH]c(C(=O)N4CCc5c4ccc4[nH]c(C(=O)N6CCc7c6ccc6[nH]c(C(=O)NC[NH-])cc76)cc54)cc32)(c2ccccc2)c2ccc(OC)cc2)cc1.[CH3-].[K+]. The zero-order chi connectivity index (χ0) is 49.3. The van der Waals surface area contributed by atoms with Gasteiger partial charge in [-0.1, -0.05) is 61.3 Å². The van der Waals surface area contributed by atoms with Crippen molar-refractivity contribution < 1.29 is 84.8 Å². The third-order valence-corrected chi connectivity index (χ3v) is 14.6. The van der Waals surface area contributed by atoms with Crippen LogP contribution < -0.4 is 80.9 Å². The zero-order valence-electron chi connectivity index (χ0n) is 41.6. The molecule has 0 unspecified atom stereocenters. The molecule has 0 radical (unpaired) electrons. The first kappa shape index (κ1) is 50.5. The van der Waals surface area contributed by atoms with Crippen LogP contribution in [0.1, 0.15) is 64.8 Å². The van der Waals surface area contributed by atoms with E-state index in [0.29, 0.717) is 67.5 Å². The summed E-state index contributed by atoms with van der Waals surface area (Å²) in [7, 11) is 3.25. The molecule has 74 heavy (non-hydrogen) atoms. The number of fused-ring (bicyclic) bond motifs is 9. The number of benzene rings is 6. The predicted octanol–water partition coefficient (Wildman–Crippen LogP) is 6.65. The second-order valence-corrected chi connectivity index (χ2v) is 18.3. The van der Waals surface area contributed by atoms with E-state index in [9.17, 15) is 19.2 Å². The molecule has 9 aromatic rings. The average Bonchev–Trinajstić information content (AvgIpc) is 4.29. The first-order valence-corrected chi connectivity index (χ1v) is 24.0. The summed E-state index contributed by atoms with van der Waals surface area (Å²) in [6.45, 7) is 0.986. The Morgan fingerprint density at radius 1 is 0.554 bits per heavy atom. The molecule has 368 valence electrons. The summed E-state index contributed by atoms with van der Waals surface area (Å²) >= 11 is 0. The molecule has 6 heterocycles. The summed E-state index contributed by atoms with van der Waals surface area (Å²) < 4.78 is 18.0. The first-order chi connectivity index (χ1) is 35.2. The van der Waals surface area contributed by atoms with Crippen molar-refractivity contribution in [2.75, 3.05) is 61.8 Å². The van der Waals surface area contributed by atoms with Crippen molar-refractivity contribution in [3.63, 3.8) is 0 Å². The number of carbonyl (C=O) groups excluding carboxylic acids is 4. The fourth-order valence-corrected chi connectivity index (χ4v) is 11.2. The minimum absolute atomic E-state index is 0. The van der Waals surface area contributed by atoms with E-state index in [0.717, 1.165) is 83.2 Å². The molecule has 0 aliphatic carbocycles. The monoisotopic (exact) mass is 1010 g/mol. The standard InChI is InChI=1S/C57H49N8O7.CH3.K/c1-70-36-12-8-34(9-13-36)57(33-6-4-3-5-7-33,35-10-14-37(71-2)15-11-35)72-31-53(66)63-25-22-38-42-29-48(61-45(42)16-19-50(38)63)55(68)65-27-24-40-43-30-49(62-46(43)18-21-52(40)65)56(69)64-26-23-39-41-28-47(54(67)59-32-58)60-44(41)17-20-51(39)64;;/h3-21,28-30,58,60-62H,22-27,31-32H2,1-2H3,(H,59,67);1H3;/q2*-1;+1. The van der Waals surface area contributed by atoms with Crippen LogP contribution in [-0.2, 0) is 34.4 Å². The van der Waals surface area contributed by atoms with Crippen molar-refractivity contribution in [1.29, 1.82) is 0 Å². The largest absolute Gasteiger partial charge is 1.00 e. The topological polar surface area (TPSA) is 189 Å². The molecule has 0 spiro atoms. The third-order valence-electron chi connectivity index (χ3n) is 14.6. The van der Waals surface area contributed by atoms with E-state index in [1.54, 1.807) is 35.0 Å². The number of amides is 4. The van der Waals surface area contributed by atoms with Gasteiger partial charge in [-0.25, -0.2) is 0 Å². The van der Waals surface area contributed by atoms with E-state index >= 15 is 0 Å². The molecule has 15 nitrogen and oxygen atoms in total. The number of carbonyl (C=O) groups is 4. The predicted molar refractivity (Wildman–Crippen MR) is 283 cm³/mol. The molecule has 12 rings (SSSR count). The molecule has 6 aromatic carbocycles. The summed E-state index contributed by atoms with van der Waals surface area (Å²) in [5, 5.41) is 5.18. The Labute approximate surface area is 469 Å². The van der Waals surface area contributed by atoms with Crippen LogP contribution in [0.2, 0.25) is 0 Å². The molecule has 0 atom stereocenters. The summed E-state index contributed by atoms with van der Waals surface area (Å²) in [6, 6.07) is 42.4. The van der Waals surface area contributed by atoms with Crippen LogP contribution in [-0.4, -0.2) is 85.7 Å². The van der Waals surface area contributed by atoms with Gasteiger partial charge in [-0.2, -0.15) is 0 Å². The van der Waals surface area contributed by atoms with E-state index in [2.05, 4.69) is 20.3 Å². The van der Waals surface area contributed by atoms with Gasteiger partial charge in [0, 0.05) is 69.4 Å². The van der Waals surface area contributed by atoms with E-state index in [1.807, 2.05) is 127 Å². The minimum Gasteiger partial charge on any atom is -0.660 e. The molecule has 3 aliphatic rings. The Balaban J connectivity index is 0.00000313. The number of aromatic nitrogens is 3. The Kier molecular flexibility index (Phi) is 13.9. The van der Waals surface area contributed by atoms with Crippen LogP contribution >= 0.6 is 0 Å². The molecule has 0 saturated carbocycles. The maximum absolute atomic E-state index is 14.5. The third kappa shape index (κ3) is 8.40. The molecule has 16 heteroatoms. The number of methoxy groups -OCH3 is 2. The molecule has 0 fully saturated rings. The molecule has 5 N–H and O–H groups in total. The molecule has 3 aliphatic heterocycles. The van der Waals surface area contributed by atoms with E-state index in [1.165, 1.54) is 0 Å². The van der Waals surface area contributed by atoms with Gasteiger partial charge in [0.1, 0.15) is 40.8 Å². The number of nitrogens with zero attached hydrogens (tertiary/aromatic N) is 3. The van der Waals surface area contributed by atoms with Crippen molar-refractivity contribution >= 4 is 73.4 Å². The van der Waals surface area contributed by atoms with E-state index in [-0.39, 0.29) is 95.7 Å². The number of aromatic amines is 3. The molecular formula is C58H52KN8O7-. The average molecular weight is 1010 g/mol. The maximum atomic E-state index is 14.5. The Morgan fingerprint density at radius 3 is 1.41 bits per heavy atom. The fraction of sp³-hybridized carbons (Fsp3) is 0.190. The minimum atomic E-state index is -1.16. The summed E-state index contributed by atoms with van der Waals surface area (Å²) in [5.41, 5.74) is 17.8. The summed E-state index contributed by atoms with van der Waals surface area (Å²) in [4.78, 5) is 70.8. The zero-order valence-corrected chi connectivity index (χ0v) is 44.7. The van der Waals surface area contributed by atoms with Crippen LogP contribution in [0.5, 0.6) is 11.5 Å². The Morgan fingerprint density at radius 2 is 0.959 bits per heavy atom. The second kappa shape index (κ2) is 20.4. The van der Waals surface area contributed by atoms with Gasteiger partial charge in [-0.3, -0.25) is 19.2 Å². The number of nitrogens with one attached hydrogen (secondary N) is 5. The number of H-pyrrole nitrogens is 3.